The van der Waals surface area contributed by atoms with E-state index in [9.17, 15) is 4.79 Å². The summed E-state index contributed by atoms with van der Waals surface area (Å²) in [6, 6.07) is 0. The minimum absolute atomic E-state index is 0.280. The zero-order chi connectivity index (χ0) is 18.2. The number of carbonyl (C=O) groups is 1. The quantitative estimate of drug-likeness (QED) is 0.370. The van der Waals surface area contributed by atoms with Crippen molar-refractivity contribution in [3.8, 4) is 0 Å². The minimum Gasteiger partial charge on any atom is -0.481 e. The van der Waals surface area contributed by atoms with Gasteiger partial charge in [0, 0.05) is 6.42 Å². The maximum absolute atomic E-state index is 10.6. The molecule has 3 fully saturated rings. The van der Waals surface area contributed by atoms with E-state index in [1.165, 1.54) is 62.9 Å². The summed E-state index contributed by atoms with van der Waals surface area (Å²) >= 11 is 2.18. The highest BCUT2D eigenvalue weighted by Crippen LogP contribution is 2.47. The number of carboxylic acids is 1. The number of aliphatic carboxylic acids is 1. The van der Waals surface area contributed by atoms with E-state index < -0.39 is 5.97 Å². The number of carboxylic acid groups (broad SMARTS) is 1. The van der Waals surface area contributed by atoms with Gasteiger partial charge in [-0.25, -0.2) is 0 Å². The van der Waals surface area contributed by atoms with E-state index in [4.69, 9.17) is 9.84 Å². The Morgan fingerprint density at radius 2 is 1.81 bits per heavy atom. The molecular formula is C22H36O3S. The van der Waals surface area contributed by atoms with Crippen molar-refractivity contribution in [1.82, 2.24) is 0 Å². The molecule has 1 saturated carbocycles. The molecular weight excluding hydrogens is 344 g/mol. The third kappa shape index (κ3) is 6.02. The lowest BCUT2D eigenvalue weighted by Crippen LogP contribution is -2.27. The summed E-state index contributed by atoms with van der Waals surface area (Å²) in [5.74, 6) is 4.40. The van der Waals surface area contributed by atoms with Crippen LogP contribution in [0, 0.1) is 17.8 Å². The Hall–Kier alpha value is -0.480. The number of ether oxygens (including phenoxy) is 1. The molecule has 148 valence electrons. The van der Waals surface area contributed by atoms with Gasteiger partial charge in [-0.2, -0.15) is 11.8 Å². The van der Waals surface area contributed by atoms with Gasteiger partial charge < -0.3 is 9.84 Å². The molecule has 4 heteroatoms. The van der Waals surface area contributed by atoms with Crippen molar-refractivity contribution in [2.24, 2.45) is 17.8 Å². The van der Waals surface area contributed by atoms with Gasteiger partial charge >= 0.3 is 5.97 Å². The Balaban J connectivity index is 1.35. The van der Waals surface area contributed by atoms with Gasteiger partial charge in [0.2, 0.25) is 0 Å². The second-order valence-electron chi connectivity index (χ2n) is 8.48. The Bertz CT molecular complexity index is 458. The zero-order valence-electron chi connectivity index (χ0n) is 16.1. The molecule has 26 heavy (non-hydrogen) atoms. The molecule has 0 amide bonds. The fourth-order valence-corrected chi connectivity index (χ4v) is 6.43. The molecule has 2 aliphatic heterocycles. The summed E-state index contributed by atoms with van der Waals surface area (Å²) in [7, 11) is 0. The lowest BCUT2D eigenvalue weighted by molar-refractivity contribution is -0.137. The van der Waals surface area contributed by atoms with E-state index in [1.54, 1.807) is 0 Å². The van der Waals surface area contributed by atoms with Crippen LogP contribution in [0.4, 0.5) is 0 Å². The smallest absolute Gasteiger partial charge is 0.303 e. The molecule has 0 aromatic heterocycles. The summed E-state index contributed by atoms with van der Waals surface area (Å²) in [5, 5.41) is 8.69. The third-order valence-corrected chi connectivity index (χ3v) is 7.83. The molecule has 3 nitrogen and oxygen atoms in total. The number of fused-ring (bicyclic) bond motifs is 2. The number of hydrogen-bond donors (Lipinski definition) is 1. The number of thioether (sulfide) groups is 1. The average molecular weight is 381 g/mol. The van der Waals surface area contributed by atoms with Crippen LogP contribution < -0.4 is 0 Å². The maximum Gasteiger partial charge on any atom is 0.303 e. The first-order chi connectivity index (χ1) is 12.7. The standard InChI is InChI=1S/C22H36O3S/c23-22(24)11-7-2-1-6-10-18-19(21-13-12-20(18)25-21)14-15-26-16-17-8-4-3-5-9-17/h1,6,17-21H,2-5,7-16H2,(H,23,24)/t18-,19+,20-,21+/m1/s1. The molecule has 3 rings (SSSR count). The van der Waals surface area contributed by atoms with Crippen molar-refractivity contribution in [2.75, 3.05) is 11.5 Å². The summed E-state index contributed by atoms with van der Waals surface area (Å²) < 4.78 is 6.23. The predicted molar refractivity (Wildman–Crippen MR) is 109 cm³/mol. The van der Waals surface area contributed by atoms with Gasteiger partial charge in [0.15, 0.2) is 0 Å². The molecule has 2 saturated heterocycles. The normalized spacial score (nSPS) is 31.8. The third-order valence-electron chi connectivity index (χ3n) is 6.60. The second kappa shape index (κ2) is 10.8. The predicted octanol–water partition coefficient (Wildman–Crippen LogP) is 5.68. The van der Waals surface area contributed by atoms with Gasteiger partial charge in [-0.05, 0) is 80.6 Å². The van der Waals surface area contributed by atoms with Crippen LogP contribution in [0.1, 0.15) is 77.0 Å². The van der Waals surface area contributed by atoms with Crippen molar-refractivity contribution >= 4 is 17.7 Å². The van der Waals surface area contributed by atoms with Crippen LogP contribution in [0.3, 0.4) is 0 Å². The number of rotatable bonds is 11. The Morgan fingerprint density at radius 3 is 2.58 bits per heavy atom. The summed E-state index contributed by atoms with van der Waals surface area (Å²) in [5.41, 5.74) is 0. The van der Waals surface area contributed by atoms with Gasteiger partial charge in [-0.3, -0.25) is 4.79 Å². The first-order valence-electron chi connectivity index (χ1n) is 10.8. The Morgan fingerprint density at radius 1 is 1.04 bits per heavy atom. The lowest BCUT2D eigenvalue weighted by Gasteiger charge is -2.27. The molecule has 0 spiro atoms. The molecule has 0 unspecified atom stereocenters. The van der Waals surface area contributed by atoms with E-state index in [-0.39, 0.29) is 6.42 Å². The number of hydrogen-bond acceptors (Lipinski definition) is 3. The van der Waals surface area contributed by atoms with Crippen LogP contribution >= 0.6 is 11.8 Å². The van der Waals surface area contributed by atoms with Crippen molar-refractivity contribution in [3.63, 3.8) is 0 Å². The van der Waals surface area contributed by atoms with Crippen molar-refractivity contribution in [3.05, 3.63) is 12.2 Å². The highest BCUT2D eigenvalue weighted by molar-refractivity contribution is 7.99. The molecule has 0 aromatic rings. The molecule has 1 N–H and O–H groups in total. The van der Waals surface area contributed by atoms with E-state index in [2.05, 4.69) is 23.9 Å². The molecule has 2 bridgehead atoms. The van der Waals surface area contributed by atoms with Crippen molar-refractivity contribution < 1.29 is 14.6 Å². The summed E-state index contributed by atoms with van der Waals surface area (Å²) in [6.45, 7) is 0. The van der Waals surface area contributed by atoms with Crippen LogP contribution in [0.5, 0.6) is 0 Å². The Kier molecular flexibility index (Phi) is 8.38. The van der Waals surface area contributed by atoms with E-state index in [1.807, 2.05) is 0 Å². The lowest BCUT2D eigenvalue weighted by atomic mass is 9.76. The summed E-state index contributed by atoms with van der Waals surface area (Å²) in [6.07, 6.45) is 19.6. The van der Waals surface area contributed by atoms with E-state index in [0.717, 1.165) is 31.1 Å². The zero-order valence-corrected chi connectivity index (χ0v) is 16.9. The van der Waals surface area contributed by atoms with Crippen LogP contribution in [0.15, 0.2) is 12.2 Å². The fraction of sp³-hybridized carbons (Fsp3) is 0.864. The fourth-order valence-electron chi connectivity index (χ4n) is 5.16. The van der Waals surface area contributed by atoms with Crippen LogP contribution in [-0.4, -0.2) is 34.8 Å². The average Bonchev–Trinajstić information content (AvgIpc) is 3.24. The number of unbranched alkanes of at least 4 members (excludes halogenated alkanes) is 1. The highest BCUT2D eigenvalue weighted by atomic mass is 32.2. The second-order valence-corrected chi connectivity index (χ2v) is 9.63. The Labute approximate surface area is 163 Å². The SMILES string of the molecule is O=C(O)CCCC=CC[C@@H]1[C@H](CCSCC2CCCCC2)[C@@H]2CC[C@H]1O2. The van der Waals surface area contributed by atoms with Crippen LogP contribution in [-0.2, 0) is 9.53 Å². The molecule has 2 heterocycles. The van der Waals surface area contributed by atoms with Gasteiger partial charge in [-0.1, -0.05) is 31.4 Å². The van der Waals surface area contributed by atoms with Gasteiger partial charge in [-0.15, -0.1) is 0 Å². The monoisotopic (exact) mass is 380 g/mol. The van der Waals surface area contributed by atoms with E-state index in [0.29, 0.717) is 18.1 Å². The van der Waals surface area contributed by atoms with Gasteiger partial charge in [0.1, 0.15) is 0 Å². The molecule has 4 atom stereocenters. The first kappa shape index (κ1) is 20.3. The highest BCUT2D eigenvalue weighted by Gasteiger charge is 2.47. The number of allylic oxidation sites excluding steroid dienone is 2. The molecule has 0 radical (unpaired) electrons. The minimum atomic E-state index is -0.689. The van der Waals surface area contributed by atoms with Crippen molar-refractivity contribution in [2.45, 2.75) is 89.3 Å². The van der Waals surface area contributed by atoms with Gasteiger partial charge in [0.05, 0.1) is 12.2 Å². The van der Waals surface area contributed by atoms with Crippen LogP contribution in [0.25, 0.3) is 0 Å². The first-order valence-corrected chi connectivity index (χ1v) is 12.0. The van der Waals surface area contributed by atoms with Crippen molar-refractivity contribution in [1.29, 1.82) is 0 Å². The van der Waals surface area contributed by atoms with Gasteiger partial charge in [0.25, 0.3) is 0 Å². The largest absolute Gasteiger partial charge is 0.481 e. The summed E-state index contributed by atoms with van der Waals surface area (Å²) in [4.78, 5) is 10.6. The molecule has 0 aromatic carbocycles. The van der Waals surface area contributed by atoms with Crippen LogP contribution in [0.2, 0.25) is 0 Å². The maximum atomic E-state index is 10.6. The molecule has 3 aliphatic rings. The van der Waals surface area contributed by atoms with E-state index >= 15 is 0 Å². The topological polar surface area (TPSA) is 46.5 Å². The molecule has 1 aliphatic carbocycles.